The van der Waals surface area contributed by atoms with E-state index in [1.165, 1.54) is 18.2 Å². The van der Waals surface area contributed by atoms with Gasteiger partial charge in [-0.05, 0) is 18.2 Å². The molecule has 0 fully saturated rings. The van der Waals surface area contributed by atoms with E-state index >= 15 is 0 Å². The number of non-ortho nitro benzene ring substituents is 1. The minimum Gasteiger partial charge on any atom is -0.872 e. The number of carbonyl (C=O) groups is 1. The number of hydrogen-bond acceptors (Lipinski definition) is 4. The minimum atomic E-state index is -0.784. The zero-order valence-electron chi connectivity index (χ0n) is 10.3. The van der Waals surface area contributed by atoms with Gasteiger partial charge in [-0.1, -0.05) is 35.0 Å². The van der Waals surface area contributed by atoms with E-state index in [1.54, 1.807) is 0 Å². The number of amides is 1. The number of nitrogens with zero attached hydrogens (tertiary/aromatic N) is 1. The highest BCUT2D eigenvalue weighted by Crippen LogP contribution is 2.27. The monoisotopic (exact) mass is 325 g/mol. The van der Waals surface area contributed by atoms with Crippen LogP contribution in [0.4, 0.5) is 11.4 Å². The van der Waals surface area contributed by atoms with Gasteiger partial charge in [-0.2, -0.15) is 0 Å². The number of rotatable bonds is 3. The Balaban J connectivity index is 2.32. The fourth-order valence-corrected chi connectivity index (χ4v) is 2.05. The molecule has 0 aliphatic rings. The third-order valence-corrected chi connectivity index (χ3v) is 3.15. The van der Waals surface area contributed by atoms with Gasteiger partial charge in [0.15, 0.2) is 0 Å². The summed E-state index contributed by atoms with van der Waals surface area (Å²) >= 11 is 11.6. The Labute approximate surface area is 129 Å². The zero-order valence-corrected chi connectivity index (χ0v) is 11.8. The second-order valence-corrected chi connectivity index (χ2v) is 4.86. The van der Waals surface area contributed by atoms with Crippen molar-refractivity contribution in [2.24, 2.45) is 0 Å². The minimum absolute atomic E-state index is 0.189. The summed E-state index contributed by atoms with van der Waals surface area (Å²) in [5.41, 5.74) is -0.436. The Hall–Kier alpha value is -2.31. The fourth-order valence-electron chi connectivity index (χ4n) is 1.59. The molecule has 2 aromatic carbocycles. The summed E-state index contributed by atoms with van der Waals surface area (Å²) in [6.07, 6.45) is 0. The average Bonchev–Trinajstić information content (AvgIpc) is 2.42. The van der Waals surface area contributed by atoms with Crippen molar-refractivity contribution in [2.45, 2.75) is 0 Å². The Kier molecular flexibility index (Phi) is 4.30. The molecular formula is C13H7Cl2N2O4-. The second kappa shape index (κ2) is 5.99. The standard InChI is InChI=1S/C13H8Cl2N2O4/c14-7-1-3-11(10(15)5-7)16-13(19)9-6-8(17(20)21)2-4-12(9)18/h1-6,18H,(H,16,19)/p-1. The van der Waals surface area contributed by atoms with E-state index in [4.69, 9.17) is 23.2 Å². The highest BCUT2D eigenvalue weighted by atomic mass is 35.5. The first-order valence-corrected chi connectivity index (χ1v) is 6.36. The normalized spacial score (nSPS) is 10.2. The number of anilines is 1. The summed E-state index contributed by atoms with van der Waals surface area (Å²) in [4.78, 5) is 22.0. The van der Waals surface area contributed by atoms with Gasteiger partial charge in [-0.25, -0.2) is 0 Å². The van der Waals surface area contributed by atoms with Gasteiger partial charge in [0.1, 0.15) is 0 Å². The lowest BCUT2D eigenvalue weighted by atomic mass is 10.1. The van der Waals surface area contributed by atoms with E-state index in [-0.39, 0.29) is 22.0 Å². The molecule has 0 aliphatic carbocycles. The van der Waals surface area contributed by atoms with Crippen LogP contribution in [0.15, 0.2) is 36.4 Å². The number of nitro benzene ring substituents is 1. The van der Waals surface area contributed by atoms with Crippen LogP contribution < -0.4 is 10.4 Å². The van der Waals surface area contributed by atoms with Crippen LogP contribution in [0.1, 0.15) is 10.4 Å². The van der Waals surface area contributed by atoms with Gasteiger partial charge in [0.2, 0.25) is 0 Å². The Morgan fingerprint density at radius 2 is 1.86 bits per heavy atom. The summed E-state index contributed by atoms with van der Waals surface area (Å²) in [6.45, 7) is 0. The summed E-state index contributed by atoms with van der Waals surface area (Å²) in [6, 6.07) is 7.32. The van der Waals surface area contributed by atoms with Crippen LogP contribution in [0, 0.1) is 10.1 Å². The van der Waals surface area contributed by atoms with Gasteiger partial charge in [0, 0.05) is 22.7 Å². The molecule has 0 unspecified atom stereocenters. The number of benzene rings is 2. The zero-order chi connectivity index (χ0) is 15.6. The quantitative estimate of drug-likeness (QED) is 0.692. The number of nitro groups is 1. The fraction of sp³-hybridized carbons (Fsp3) is 0. The lowest BCUT2D eigenvalue weighted by Crippen LogP contribution is -2.15. The second-order valence-electron chi connectivity index (χ2n) is 4.02. The van der Waals surface area contributed by atoms with Gasteiger partial charge < -0.3 is 10.4 Å². The molecule has 2 rings (SSSR count). The van der Waals surface area contributed by atoms with Crippen molar-refractivity contribution in [3.05, 3.63) is 62.1 Å². The van der Waals surface area contributed by atoms with Crippen LogP contribution in [0.25, 0.3) is 0 Å². The third-order valence-electron chi connectivity index (χ3n) is 2.60. The molecule has 108 valence electrons. The SMILES string of the molecule is O=C(Nc1ccc(Cl)cc1Cl)c1cc([N+](=O)[O-])ccc1[O-]. The predicted molar refractivity (Wildman–Crippen MR) is 77.0 cm³/mol. The van der Waals surface area contributed by atoms with Crippen LogP contribution in [-0.2, 0) is 0 Å². The van der Waals surface area contributed by atoms with Gasteiger partial charge in [0.25, 0.3) is 11.6 Å². The maximum Gasteiger partial charge on any atom is 0.270 e. The summed E-state index contributed by atoms with van der Waals surface area (Å²) < 4.78 is 0. The van der Waals surface area contributed by atoms with Gasteiger partial charge in [-0.15, -0.1) is 0 Å². The molecule has 0 radical (unpaired) electrons. The molecule has 0 aliphatic heterocycles. The highest BCUT2D eigenvalue weighted by Gasteiger charge is 2.14. The van der Waals surface area contributed by atoms with E-state index in [1.807, 2.05) is 0 Å². The molecule has 6 nitrogen and oxygen atoms in total. The first-order chi connectivity index (χ1) is 9.88. The summed E-state index contributed by atoms with van der Waals surface area (Å²) in [5, 5.41) is 25.3. The smallest absolute Gasteiger partial charge is 0.270 e. The van der Waals surface area contributed by atoms with Crippen molar-refractivity contribution < 1.29 is 14.8 Å². The van der Waals surface area contributed by atoms with Crippen molar-refractivity contribution in [1.29, 1.82) is 0 Å². The van der Waals surface area contributed by atoms with Crippen LogP contribution in [0.2, 0.25) is 10.0 Å². The van der Waals surface area contributed by atoms with Crippen molar-refractivity contribution in [1.82, 2.24) is 0 Å². The number of carbonyl (C=O) groups excluding carboxylic acids is 1. The molecule has 0 saturated carbocycles. The predicted octanol–water partition coefficient (Wildman–Crippen LogP) is 3.23. The lowest BCUT2D eigenvalue weighted by molar-refractivity contribution is -0.385. The van der Waals surface area contributed by atoms with Crippen molar-refractivity contribution in [3.63, 3.8) is 0 Å². The Morgan fingerprint density at radius 3 is 2.48 bits per heavy atom. The number of halogens is 2. The molecule has 0 atom stereocenters. The van der Waals surface area contributed by atoms with Crippen LogP contribution in [0.5, 0.6) is 5.75 Å². The van der Waals surface area contributed by atoms with E-state index < -0.39 is 16.6 Å². The van der Waals surface area contributed by atoms with Gasteiger partial charge >= 0.3 is 0 Å². The molecule has 1 N–H and O–H groups in total. The van der Waals surface area contributed by atoms with Crippen LogP contribution >= 0.6 is 23.2 Å². The van der Waals surface area contributed by atoms with E-state index in [2.05, 4.69) is 5.32 Å². The lowest BCUT2D eigenvalue weighted by Gasteiger charge is -2.13. The largest absolute Gasteiger partial charge is 0.872 e. The average molecular weight is 326 g/mol. The van der Waals surface area contributed by atoms with Crippen LogP contribution in [0.3, 0.4) is 0 Å². The Morgan fingerprint density at radius 1 is 1.14 bits per heavy atom. The van der Waals surface area contributed by atoms with E-state index in [9.17, 15) is 20.0 Å². The molecule has 0 spiro atoms. The first kappa shape index (κ1) is 15.1. The van der Waals surface area contributed by atoms with Crippen molar-refractivity contribution in [2.75, 3.05) is 5.32 Å². The molecule has 8 heteroatoms. The number of hydrogen-bond donors (Lipinski definition) is 1. The van der Waals surface area contributed by atoms with Gasteiger partial charge in [0.05, 0.1) is 15.6 Å². The van der Waals surface area contributed by atoms with Gasteiger partial charge in [-0.3, -0.25) is 14.9 Å². The maximum absolute atomic E-state index is 12.0. The summed E-state index contributed by atoms with van der Waals surface area (Å²) in [5.74, 6) is -1.41. The molecule has 1 amide bonds. The number of nitrogens with one attached hydrogen (secondary N) is 1. The third kappa shape index (κ3) is 3.42. The van der Waals surface area contributed by atoms with Crippen molar-refractivity contribution in [3.8, 4) is 5.75 Å². The van der Waals surface area contributed by atoms with Crippen molar-refractivity contribution >= 4 is 40.5 Å². The maximum atomic E-state index is 12.0. The molecule has 21 heavy (non-hydrogen) atoms. The Bertz CT molecular complexity index is 734. The van der Waals surface area contributed by atoms with E-state index in [0.29, 0.717) is 5.02 Å². The first-order valence-electron chi connectivity index (χ1n) is 5.60. The molecule has 0 aromatic heterocycles. The van der Waals surface area contributed by atoms with Crippen LogP contribution in [-0.4, -0.2) is 10.8 Å². The molecular weight excluding hydrogens is 319 g/mol. The topological polar surface area (TPSA) is 95.3 Å². The van der Waals surface area contributed by atoms with E-state index in [0.717, 1.165) is 18.2 Å². The molecule has 0 bridgehead atoms. The molecule has 0 heterocycles. The molecule has 0 saturated heterocycles. The summed E-state index contributed by atoms with van der Waals surface area (Å²) in [7, 11) is 0. The molecule has 2 aromatic rings. The highest BCUT2D eigenvalue weighted by molar-refractivity contribution is 6.36.